The Morgan fingerprint density at radius 1 is 1.06 bits per heavy atom. The van der Waals surface area contributed by atoms with Crippen LogP contribution in [0.2, 0.25) is 0 Å². The third-order valence-electron chi connectivity index (χ3n) is 5.40. The van der Waals surface area contributed by atoms with Crippen LogP contribution in [0.3, 0.4) is 0 Å². The number of amides is 2. The van der Waals surface area contributed by atoms with Crippen molar-refractivity contribution in [3.05, 3.63) is 71.3 Å². The van der Waals surface area contributed by atoms with E-state index in [0.717, 1.165) is 4.90 Å². The van der Waals surface area contributed by atoms with Gasteiger partial charge in [0.1, 0.15) is 23.8 Å². The largest absolute Gasteiger partial charge is 0.435 e. The van der Waals surface area contributed by atoms with E-state index in [0.29, 0.717) is 11.1 Å². The summed E-state index contributed by atoms with van der Waals surface area (Å²) in [6.45, 7) is 4.85. The third kappa shape index (κ3) is 6.07. The summed E-state index contributed by atoms with van der Waals surface area (Å²) in [6.07, 6.45) is -3.97. The van der Waals surface area contributed by atoms with E-state index in [2.05, 4.69) is 5.32 Å². The van der Waals surface area contributed by atoms with E-state index in [1.807, 2.05) is 6.07 Å². The molecule has 2 aromatic carbocycles. The van der Waals surface area contributed by atoms with Crippen molar-refractivity contribution in [2.45, 2.75) is 57.0 Å². The van der Waals surface area contributed by atoms with Crippen LogP contribution in [-0.2, 0) is 9.53 Å². The molecule has 0 bridgehead atoms. The van der Waals surface area contributed by atoms with Gasteiger partial charge in [0.05, 0.1) is 18.5 Å². The van der Waals surface area contributed by atoms with E-state index < -0.39 is 53.4 Å². The number of halogens is 3. The number of nitrogens with one attached hydrogen (secondary N) is 1. The number of benzene rings is 2. The molecule has 180 valence electrons. The number of carbonyl (C=O) groups excluding carboxylic acids is 2. The molecule has 2 aromatic rings. The number of alkyl halides is 1. The van der Waals surface area contributed by atoms with Crippen molar-refractivity contribution in [2.24, 2.45) is 0 Å². The lowest BCUT2D eigenvalue weighted by Gasteiger charge is -2.32. The highest BCUT2D eigenvalue weighted by atomic mass is 19.1. The first-order valence-corrected chi connectivity index (χ1v) is 10.8. The smallest absolute Gasteiger partial charge is 0.408 e. The van der Waals surface area contributed by atoms with Crippen molar-refractivity contribution in [2.75, 3.05) is 6.54 Å². The standard InChI is InChI=1S/C25H26F3N3O3/c1-25(2,3)30-24(33)34-22(23(32)31-14-19(28)12-20(31)13-29)21(15-4-8-17(26)9-5-15)16-6-10-18(27)11-7-16/h4-11,19-22H,12,14H2,1-3H3,(H,30,33)/t19-,20-,22-/m0/s1. The molecule has 3 rings (SSSR count). The Morgan fingerprint density at radius 2 is 1.56 bits per heavy atom. The average molecular weight is 473 g/mol. The van der Waals surface area contributed by atoms with Gasteiger partial charge in [-0.1, -0.05) is 24.3 Å². The van der Waals surface area contributed by atoms with E-state index in [9.17, 15) is 28.0 Å². The number of hydrogen-bond acceptors (Lipinski definition) is 4. The van der Waals surface area contributed by atoms with Gasteiger partial charge in [0, 0.05) is 12.0 Å². The molecule has 9 heteroatoms. The SMILES string of the molecule is CC(C)(C)NC(=O)O[C@H](C(=O)N1C[C@@H](F)C[C@H]1C#N)C(c1ccc(F)cc1)c1ccc(F)cc1. The van der Waals surface area contributed by atoms with Crippen molar-refractivity contribution in [3.8, 4) is 6.07 Å². The molecule has 1 N–H and O–H groups in total. The van der Waals surface area contributed by atoms with Gasteiger partial charge in [-0.15, -0.1) is 0 Å². The number of carbonyl (C=O) groups is 2. The molecule has 3 atom stereocenters. The predicted octanol–water partition coefficient (Wildman–Crippen LogP) is 4.45. The van der Waals surface area contributed by atoms with Crippen molar-refractivity contribution in [1.29, 1.82) is 5.26 Å². The van der Waals surface area contributed by atoms with Crippen molar-refractivity contribution in [3.63, 3.8) is 0 Å². The first kappa shape index (κ1) is 25.1. The molecule has 34 heavy (non-hydrogen) atoms. The maximum absolute atomic E-state index is 14.1. The lowest BCUT2D eigenvalue weighted by molar-refractivity contribution is -0.141. The summed E-state index contributed by atoms with van der Waals surface area (Å²) in [4.78, 5) is 27.4. The van der Waals surface area contributed by atoms with Crippen LogP contribution in [0.15, 0.2) is 48.5 Å². The fourth-order valence-corrected chi connectivity index (χ4v) is 3.91. The number of rotatable bonds is 5. The normalized spacial score (nSPS) is 18.9. The van der Waals surface area contributed by atoms with Crippen LogP contribution in [0.25, 0.3) is 0 Å². The number of nitriles is 1. The monoisotopic (exact) mass is 473 g/mol. The zero-order chi connectivity index (χ0) is 25.0. The number of hydrogen-bond donors (Lipinski definition) is 1. The van der Waals surface area contributed by atoms with E-state index in [1.54, 1.807) is 20.8 Å². The lowest BCUT2D eigenvalue weighted by atomic mass is 9.85. The minimum absolute atomic E-state index is 0.152. The maximum Gasteiger partial charge on any atom is 0.408 e. The number of alkyl carbamates (subject to hydrolysis) is 1. The Balaban J connectivity index is 2.09. The summed E-state index contributed by atoms with van der Waals surface area (Å²) >= 11 is 0. The van der Waals surface area contributed by atoms with Gasteiger partial charge in [-0.25, -0.2) is 18.0 Å². The first-order chi connectivity index (χ1) is 16.0. The Morgan fingerprint density at radius 3 is 2.00 bits per heavy atom. The molecule has 1 aliphatic heterocycles. The molecule has 1 fully saturated rings. The van der Waals surface area contributed by atoms with Crippen LogP contribution >= 0.6 is 0 Å². The van der Waals surface area contributed by atoms with Crippen molar-refractivity contribution >= 4 is 12.0 Å². The van der Waals surface area contributed by atoms with Crippen LogP contribution in [0.1, 0.15) is 44.2 Å². The Kier molecular flexibility index (Phi) is 7.50. The molecular weight excluding hydrogens is 447 g/mol. The average Bonchev–Trinajstić information content (AvgIpc) is 3.14. The molecule has 6 nitrogen and oxygen atoms in total. The van der Waals surface area contributed by atoms with Gasteiger partial charge in [-0.2, -0.15) is 5.26 Å². The lowest BCUT2D eigenvalue weighted by Crippen LogP contribution is -2.49. The summed E-state index contributed by atoms with van der Waals surface area (Å²) in [5.41, 5.74) is 0.151. The molecule has 0 unspecified atom stereocenters. The van der Waals surface area contributed by atoms with Crippen LogP contribution in [-0.4, -0.2) is 47.3 Å². The summed E-state index contributed by atoms with van der Waals surface area (Å²) in [5.74, 6) is -2.77. The van der Waals surface area contributed by atoms with E-state index in [4.69, 9.17) is 4.74 Å². The zero-order valence-electron chi connectivity index (χ0n) is 19.1. The number of nitrogens with zero attached hydrogens (tertiary/aromatic N) is 2. The van der Waals surface area contributed by atoms with E-state index in [1.165, 1.54) is 48.5 Å². The fraction of sp³-hybridized carbons (Fsp3) is 0.400. The van der Waals surface area contributed by atoms with Crippen molar-refractivity contribution in [1.82, 2.24) is 10.2 Å². The molecule has 0 spiro atoms. The quantitative estimate of drug-likeness (QED) is 0.696. The molecule has 1 heterocycles. The highest BCUT2D eigenvalue weighted by molar-refractivity contribution is 5.86. The van der Waals surface area contributed by atoms with Crippen LogP contribution in [0.4, 0.5) is 18.0 Å². The second-order valence-electron chi connectivity index (χ2n) is 9.25. The molecule has 1 aliphatic rings. The number of likely N-dealkylation sites (tertiary alicyclic amines) is 1. The van der Waals surface area contributed by atoms with Gasteiger partial charge >= 0.3 is 6.09 Å². The first-order valence-electron chi connectivity index (χ1n) is 10.8. The summed E-state index contributed by atoms with van der Waals surface area (Å²) < 4.78 is 47.0. The molecule has 1 saturated heterocycles. The molecule has 2 amide bonds. The van der Waals surface area contributed by atoms with Gasteiger partial charge < -0.3 is 15.0 Å². The number of ether oxygens (including phenoxy) is 1. The van der Waals surface area contributed by atoms with Crippen LogP contribution < -0.4 is 5.32 Å². The minimum atomic E-state index is -1.53. The zero-order valence-corrected chi connectivity index (χ0v) is 19.1. The van der Waals surface area contributed by atoms with Gasteiger partial charge in [0.15, 0.2) is 6.10 Å². The fourth-order valence-electron chi connectivity index (χ4n) is 3.91. The van der Waals surface area contributed by atoms with E-state index in [-0.39, 0.29) is 13.0 Å². The van der Waals surface area contributed by atoms with Crippen molar-refractivity contribution < 1.29 is 27.5 Å². The third-order valence-corrected chi connectivity index (χ3v) is 5.40. The summed E-state index contributed by atoms with van der Waals surface area (Å²) in [6, 6.07) is 11.4. The van der Waals surface area contributed by atoms with Crippen LogP contribution in [0.5, 0.6) is 0 Å². The van der Waals surface area contributed by atoms with Gasteiger partial charge in [0.25, 0.3) is 5.91 Å². The maximum atomic E-state index is 14.1. The molecule has 0 aromatic heterocycles. The predicted molar refractivity (Wildman–Crippen MR) is 118 cm³/mol. The Bertz CT molecular complexity index is 1020. The highest BCUT2D eigenvalue weighted by Crippen LogP contribution is 2.33. The molecule has 0 saturated carbocycles. The minimum Gasteiger partial charge on any atom is -0.435 e. The van der Waals surface area contributed by atoms with Gasteiger partial charge in [0.2, 0.25) is 0 Å². The Labute approximate surface area is 196 Å². The molecular formula is C25H26F3N3O3. The Hall–Kier alpha value is -3.54. The van der Waals surface area contributed by atoms with Crippen LogP contribution in [0, 0.1) is 23.0 Å². The highest BCUT2D eigenvalue weighted by Gasteiger charge is 2.43. The molecule has 0 radical (unpaired) electrons. The van der Waals surface area contributed by atoms with Gasteiger partial charge in [-0.3, -0.25) is 4.79 Å². The second-order valence-corrected chi connectivity index (χ2v) is 9.25. The van der Waals surface area contributed by atoms with E-state index >= 15 is 0 Å². The molecule has 0 aliphatic carbocycles. The summed E-state index contributed by atoms with van der Waals surface area (Å²) in [7, 11) is 0. The summed E-state index contributed by atoms with van der Waals surface area (Å²) in [5, 5.41) is 12.1. The topological polar surface area (TPSA) is 82.4 Å². The second kappa shape index (κ2) is 10.2. The van der Waals surface area contributed by atoms with Gasteiger partial charge in [-0.05, 0) is 56.2 Å².